The lowest BCUT2D eigenvalue weighted by molar-refractivity contribution is -0.0918. The molecule has 1 saturated carbocycles. The van der Waals surface area contributed by atoms with Gasteiger partial charge < -0.3 is 14.2 Å². The third kappa shape index (κ3) is 7.33. The first-order valence-electron chi connectivity index (χ1n) is 12.7. The number of ether oxygens (including phenoxy) is 3. The second-order valence-corrected chi connectivity index (χ2v) is 9.39. The summed E-state index contributed by atoms with van der Waals surface area (Å²) in [6, 6.07) is 4.30. The van der Waals surface area contributed by atoms with Crippen molar-refractivity contribution in [1.82, 2.24) is 19.9 Å². The maximum absolute atomic E-state index is 14.4. The molecule has 2 aromatic heterocycles. The van der Waals surface area contributed by atoms with Gasteiger partial charge in [0.1, 0.15) is 24.2 Å². The van der Waals surface area contributed by atoms with E-state index < -0.39 is 30.6 Å². The Balaban J connectivity index is 1.65. The van der Waals surface area contributed by atoms with Crippen molar-refractivity contribution in [3.8, 4) is 28.9 Å². The minimum Gasteiger partial charge on any atom is -0.490 e. The lowest BCUT2D eigenvalue weighted by Crippen LogP contribution is -2.19. The molecule has 0 aliphatic heterocycles. The molecule has 1 aliphatic carbocycles. The van der Waals surface area contributed by atoms with Crippen LogP contribution in [0.2, 0.25) is 0 Å². The molecule has 1 aliphatic rings. The van der Waals surface area contributed by atoms with E-state index in [-0.39, 0.29) is 41.1 Å². The topological polar surface area (TPSA) is 91.6 Å². The van der Waals surface area contributed by atoms with Crippen LogP contribution in [-0.4, -0.2) is 52.5 Å². The third-order valence-corrected chi connectivity index (χ3v) is 6.42. The summed E-state index contributed by atoms with van der Waals surface area (Å²) in [5.41, 5.74) is 0.737. The van der Waals surface area contributed by atoms with E-state index in [1.807, 2.05) is 0 Å². The van der Waals surface area contributed by atoms with E-state index >= 15 is 0 Å². The second kappa shape index (κ2) is 12.1. The minimum absolute atomic E-state index is 0.0467. The van der Waals surface area contributed by atoms with E-state index in [1.54, 1.807) is 0 Å². The van der Waals surface area contributed by atoms with Crippen LogP contribution in [0.4, 0.5) is 22.0 Å². The van der Waals surface area contributed by atoms with Crippen molar-refractivity contribution in [3.63, 3.8) is 0 Å². The Morgan fingerprint density at radius 1 is 1.05 bits per heavy atom. The van der Waals surface area contributed by atoms with Crippen LogP contribution in [0.1, 0.15) is 54.5 Å². The summed E-state index contributed by atoms with van der Waals surface area (Å²) >= 11 is 0. The van der Waals surface area contributed by atoms with Gasteiger partial charge in [0.25, 0.3) is 11.8 Å². The van der Waals surface area contributed by atoms with Gasteiger partial charge in [0.15, 0.2) is 11.6 Å². The fraction of sp³-hybridized carbons (Fsp3) is 0.393. The number of methoxy groups -OCH3 is 2. The average molecular weight is 578 g/mol. The van der Waals surface area contributed by atoms with Gasteiger partial charge in [-0.1, -0.05) is 25.6 Å². The van der Waals surface area contributed by atoms with Gasteiger partial charge in [0.05, 0.1) is 26.1 Å². The van der Waals surface area contributed by atoms with Gasteiger partial charge in [-0.15, -0.1) is 0 Å². The number of alkyl halides is 5. The van der Waals surface area contributed by atoms with Crippen LogP contribution in [0, 0.1) is 0 Å². The molecule has 0 amide bonds. The van der Waals surface area contributed by atoms with Gasteiger partial charge in [-0.2, -0.15) is 18.2 Å². The highest BCUT2D eigenvalue weighted by molar-refractivity contribution is 5.81. The molecular formula is C28H28F5N5O3. The van der Waals surface area contributed by atoms with Crippen molar-refractivity contribution < 1.29 is 36.2 Å². The molecule has 1 fully saturated rings. The molecule has 3 aromatic rings. The largest absolute Gasteiger partial charge is 0.490 e. The molecule has 0 spiro atoms. The Hall–Kier alpha value is -4.16. The highest BCUT2D eigenvalue weighted by Crippen LogP contribution is 2.45. The lowest BCUT2D eigenvalue weighted by atomic mass is 9.98. The number of hydrogen-bond donors (Lipinski definition) is 0. The van der Waals surface area contributed by atoms with E-state index in [0.29, 0.717) is 17.0 Å². The SMILES string of the molecule is C=C(N=Cc1ccc(COc2nc(-c3c(OC)ncnc3C3CC3)ncc2OC)c(CC(F)(F)CC)c1)C(F)(F)F. The molecule has 8 nitrogen and oxygen atoms in total. The molecule has 1 aromatic carbocycles. The molecule has 0 unspecified atom stereocenters. The summed E-state index contributed by atoms with van der Waals surface area (Å²) in [4.78, 5) is 20.8. The quantitative estimate of drug-likeness (QED) is 0.180. The van der Waals surface area contributed by atoms with Crippen LogP contribution in [-0.2, 0) is 13.0 Å². The summed E-state index contributed by atoms with van der Waals surface area (Å²) in [5, 5.41) is 0. The number of nitrogens with zero attached hydrogens (tertiary/aromatic N) is 5. The Labute approximate surface area is 233 Å². The van der Waals surface area contributed by atoms with Crippen LogP contribution >= 0.6 is 0 Å². The van der Waals surface area contributed by atoms with Gasteiger partial charge in [0, 0.05) is 25.0 Å². The fourth-order valence-corrected chi connectivity index (χ4v) is 3.94. The molecule has 0 atom stereocenters. The molecule has 0 saturated heterocycles. The van der Waals surface area contributed by atoms with E-state index in [9.17, 15) is 22.0 Å². The predicted molar refractivity (Wildman–Crippen MR) is 141 cm³/mol. The molecule has 0 radical (unpaired) electrons. The summed E-state index contributed by atoms with van der Waals surface area (Å²) in [5.74, 6) is -2.03. The Bertz CT molecular complexity index is 1440. The summed E-state index contributed by atoms with van der Waals surface area (Å²) in [7, 11) is 2.88. The standard InChI is InChI=1S/C28H28F5N5O3/c1-5-27(29,30)11-20-10-17(12-34-16(2)28(31,32)33)6-7-19(20)14-41-25-21(39-3)13-35-24(38-25)22-23(18-8-9-18)36-15-37-26(22)40-4/h6-7,10,12-13,15,18H,2,5,8-9,11,14H2,1,3-4H3. The van der Waals surface area contributed by atoms with Crippen molar-refractivity contribution in [2.45, 2.75) is 57.2 Å². The zero-order valence-corrected chi connectivity index (χ0v) is 22.6. The predicted octanol–water partition coefficient (Wildman–Crippen LogP) is 6.49. The molecule has 41 heavy (non-hydrogen) atoms. The summed E-state index contributed by atoms with van der Waals surface area (Å²) in [6.45, 7) is 4.05. The monoisotopic (exact) mass is 577 g/mol. The van der Waals surface area contributed by atoms with Gasteiger partial charge in [0.2, 0.25) is 5.88 Å². The Kier molecular flexibility index (Phi) is 8.83. The summed E-state index contributed by atoms with van der Waals surface area (Å²) in [6.07, 6.45) is -0.0965. The maximum atomic E-state index is 14.4. The van der Waals surface area contributed by atoms with Gasteiger partial charge in [-0.3, -0.25) is 4.99 Å². The first-order chi connectivity index (χ1) is 19.5. The normalized spacial score (nSPS) is 13.9. The van der Waals surface area contributed by atoms with E-state index in [0.717, 1.165) is 24.8 Å². The number of benzene rings is 1. The Morgan fingerprint density at radius 2 is 1.80 bits per heavy atom. The van der Waals surface area contributed by atoms with Gasteiger partial charge in [-0.25, -0.2) is 23.7 Å². The zero-order chi connectivity index (χ0) is 29.8. The van der Waals surface area contributed by atoms with E-state index in [4.69, 9.17) is 14.2 Å². The maximum Gasteiger partial charge on any atom is 0.432 e. The third-order valence-electron chi connectivity index (χ3n) is 6.42. The minimum atomic E-state index is -4.70. The number of rotatable bonds is 12. The van der Waals surface area contributed by atoms with Crippen LogP contribution in [0.3, 0.4) is 0 Å². The van der Waals surface area contributed by atoms with Crippen molar-refractivity contribution >= 4 is 6.21 Å². The van der Waals surface area contributed by atoms with Crippen molar-refractivity contribution in [3.05, 3.63) is 65.4 Å². The summed E-state index contributed by atoms with van der Waals surface area (Å²) < 4.78 is 83.9. The fourth-order valence-electron chi connectivity index (χ4n) is 3.94. The number of aromatic nitrogens is 4. The van der Waals surface area contributed by atoms with E-state index in [1.165, 1.54) is 51.9 Å². The highest BCUT2D eigenvalue weighted by atomic mass is 19.4. The molecule has 2 heterocycles. The van der Waals surface area contributed by atoms with Crippen molar-refractivity contribution in [1.29, 1.82) is 0 Å². The molecule has 13 heteroatoms. The average Bonchev–Trinajstić information content (AvgIpc) is 3.79. The van der Waals surface area contributed by atoms with Crippen LogP contribution in [0.15, 0.2) is 48.0 Å². The van der Waals surface area contributed by atoms with Crippen molar-refractivity contribution in [2.75, 3.05) is 14.2 Å². The molecule has 0 N–H and O–H groups in total. The first kappa shape index (κ1) is 29.8. The van der Waals surface area contributed by atoms with Crippen LogP contribution in [0.25, 0.3) is 11.4 Å². The highest BCUT2D eigenvalue weighted by Gasteiger charge is 2.33. The van der Waals surface area contributed by atoms with E-state index in [2.05, 4.69) is 31.5 Å². The molecule has 218 valence electrons. The van der Waals surface area contributed by atoms with Gasteiger partial charge in [-0.05, 0) is 35.6 Å². The zero-order valence-electron chi connectivity index (χ0n) is 22.6. The number of aliphatic imine (C=N–C) groups is 1. The Morgan fingerprint density at radius 3 is 2.44 bits per heavy atom. The smallest absolute Gasteiger partial charge is 0.432 e. The van der Waals surface area contributed by atoms with Crippen LogP contribution in [0.5, 0.6) is 17.5 Å². The molecule has 4 rings (SSSR count). The number of halogens is 5. The second-order valence-electron chi connectivity index (χ2n) is 9.39. The molecule has 0 bridgehead atoms. The number of allylic oxidation sites excluding steroid dienone is 1. The van der Waals surface area contributed by atoms with Crippen molar-refractivity contribution in [2.24, 2.45) is 4.99 Å². The first-order valence-corrected chi connectivity index (χ1v) is 12.7. The lowest BCUT2D eigenvalue weighted by Gasteiger charge is -2.18. The van der Waals surface area contributed by atoms with Crippen LogP contribution < -0.4 is 14.2 Å². The molecular weight excluding hydrogens is 549 g/mol. The van der Waals surface area contributed by atoms with Gasteiger partial charge >= 0.3 is 6.18 Å². The number of hydrogen-bond acceptors (Lipinski definition) is 8.